The van der Waals surface area contributed by atoms with Crippen LogP contribution in [0.2, 0.25) is 5.02 Å². The minimum absolute atomic E-state index is 0.264. The van der Waals surface area contributed by atoms with Crippen LogP contribution >= 0.6 is 11.6 Å². The van der Waals surface area contributed by atoms with Crippen LogP contribution in [0.3, 0.4) is 0 Å². The Bertz CT molecular complexity index is 539. The number of carbonyl (C=O) groups excluding carboxylic acids is 2. The molecule has 0 bridgehead atoms. The number of ether oxygens (including phenoxy) is 1. The number of carbonyl (C=O) groups is 2. The van der Waals surface area contributed by atoms with Crippen molar-refractivity contribution in [3.63, 3.8) is 0 Å². The minimum atomic E-state index is -0.480. The van der Waals surface area contributed by atoms with E-state index in [1.807, 2.05) is 33.8 Å². The Morgan fingerprint density at radius 2 is 1.95 bits per heavy atom. The second-order valence-electron chi connectivity index (χ2n) is 6.03. The van der Waals surface area contributed by atoms with Gasteiger partial charge in [-0.05, 0) is 51.8 Å². The highest BCUT2D eigenvalue weighted by Crippen LogP contribution is 2.19. The number of benzene rings is 1. The Morgan fingerprint density at radius 3 is 2.55 bits per heavy atom. The number of hydrogen-bond donors (Lipinski definition) is 2. The van der Waals surface area contributed by atoms with Crippen molar-refractivity contribution in [2.24, 2.45) is 0 Å². The zero-order chi connectivity index (χ0) is 16.8. The summed E-state index contributed by atoms with van der Waals surface area (Å²) in [5.41, 5.74) is 1.09. The number of aryl methyl sites for hydroxylation is 1. The van der Waals surface area contributed by atoms with E-state index >= 15 is 0 Å². The molecule has 2 N–H and O–H groups in total. The number of rotatable bonds is 5. The summed E-state index contributed by atoms with van der Waals surface area (Å²) < 4.78 is 5.18. The van der Waals surface area contributed by atoms with Crippen molar-refractivity contribution in [2.45, 2.75) is 46.1 Å². The van der Waals surface area contributed by atoms with E-state index in [0.717, 1.165) is 5.56 Å². The van der Waals surface area contributed by atoms with E-state index in [1.165, 1.54) is 0 Å². The summed E-state index contributed by atoms with van der Waals surface area (Å²) in [7, 11) is 0. The normalized spacial score (nSPS) is 11.0. The molecular weight excluding hydrogens is 304 g/mol. The molecule has 0 radical (unpaired) electrons. The van der Waals surface area contributed by atoms with Crippen LogP contribution in [-0.4, -0.2) is 24.1 Å². The van der Waals surface area contributed by atoms with Crippen molar-refractivity contribution in [3.05, 3.63) is 28.8 Å². The van der Waals surface area contributed by atoms with Crippen molar-refractivity contribution in [3.8, 4) is 0 Å². The van der Waals surface area contributed by atoms with Gasteiger partial charge in [-0.2, -0.15) is 0 Å². The monoisotopic (exact) mass is 326 g/mol. The van der Waals surface area contributed by atoms with Crippen molar-refractivity contribution < 1.29 is 14.3 Å². The standard InChI is InChI=1S/C16H23ClN2O3/c1-11-7-8-12(10-13(11)17)19-15(21)18-9-5-6-14(20)22-16(2,3)4/h7-8,10H,5-6,9H2,1-4H3,(H2,18,19,21). The molecule has 0 fully saturated rings. The highest BCUT2D eigenvalue weighted by atomic mass is 35.5. The molecule has 1 aromatic rings. The molecule has 0 saturated heterocycles. The molecule has 2 amide bonds. The molecule has 0 heterocycles. The lowest BCUT2D eigenvalue weighted by molar-refractivity contribution is -0.154. The van der Waals surface area contributed by atoms with Crippen LogP contribution in [0, 0.1) is 6.92 Å². The summed E-state index contributed by atoms with van der Waals surface area (Å²) in [4.78, 5) is 23.2. The molecule has 0 aliphatic carbocycles. The molecule has 0 aliphatic rings. The molecule has 0 spiro atoms. The van der Waals surface area contributed by atoms with Gasteiger partial charge in [0.2, 0.25) is 0 Å². The lowest BCUT2D eigenvalue weighted by Gasteiger charge is -2.19. The number of urea groups is 1. The van der Waals surface area contributed by atoms with Crippen molar-refractivity contribution in [1.82, 2.24) is 5.32 Å². The highest BCUT2D eigenvalue weighted by Gasteiger charge is 2.15. The average molecular weight is 327 g/mol. The van der Waals surface area contributed by atoms with Gasteiger partial charge in [0.25, 0.3) is 0 Å². The van der Waals surface area contributed by atoms with E-state index < -0.39 is 5.60 Å². The largest absolute Gasteiger partial charge is 0.460 e. The Morgan fingerprint density at radius 1 is 1.27 bits per heavy atom. The number of halogens is 1. The number of hydrogen-bond acceptors (Lipinski definition) is 3. The first kappa shape index (κ1) is 18.3. The number of anilines is 1. The molecule has 1 aromatic carbocycles. The van der Waals surface area contributed by atoms with Crippen LogP contribution in [0.25, 0.3) is 0 Å². The van der Waals surface area contributed by atoms with Crippen LogP contribution in [0.4, 0.5) is 10.5 Å². The van der Waals surface area contributed by atoms with E-state index in [-0.39, 0.29) is 18.4 Å². The maximum atomic E-state index is 11.7. The Kier molecular flexibility index (Phi) is 6.68. The predicted octanol–water partition coefficient (Wildman–Crippen LogP) is 3.89. The molecule has 0 aromatic heterocycles. The number of nitrogens with one attached hydrogen (secondary N) is 2. The summed E-state index contributed by atoms with van der Waals surface area (Å²) in [5, 5.41) is 5.97. The van der Waals surface area contributed by atoms with Gasteiger partial charge < -0.3 is 15.4 Å². The Labute approximate surface area is 136 Å². The summed E-state index contributed by atoms with van der Waals surface area (Å²) in [6.07, 6.45) is 0.797. The second kappa shape index (κ2) is 8.03. The van der Waals surface area contributed by atoms with Gasteiger partial charge >= 0.3 is 12.0 Å². The maximum absolute atomic E-state index is 11.7. The SMILES string of the molecule is Cc1ccc(NC(=O)NCCCC(=O)OC(C)(C)C)cc1Cl. The molecule has 5 nitrogen and oxygen atoms in total. The highest BCUT2D eigenvalue weighted by molar-refractivity contribution is 6.31. The van der Waals surface area contributed by atoms with Crippen molar-refractivity contribution in [2.75, 3.05) is 11.9 Å². The smallest absolute Gasteiger partial charge is 0.319 e. The van der Waals surface area contributed by atoms with E-state index in [1.54, 1.807) is 12.1 Å². The summed E-state index contributed by atoms with van der Waals surface area (Å²) in [6, 6.07) is 4.98. The topological polar surface area (TPSA) is 67.4 Å². The van der Waals surface area contributed by atoms with Crippen molar-refractivity contribution in [1.29, 1.82) is 0 Å². The Balaban J connectivity index is 2.26. The molecular formula is C16H23ClN2O3. The predicted molar refractivity (Wildman–Crippen MR) is 88.3 cm³/mol. The summed E-state index contributed by atoms with van der Waals surface area (Å²) in [5.74, 6) is -0.264. The first-order valence-corrected chi connectivity index (χ1v) is 7.58. The van der Waals surface area contributed by atoms with Gasteiger partial charge in [-0.1, -0.05) is 17.7 Å². The number of amides is 2. The first-order chi connectivity index (χ1) is 10.2. The maximum Gasteiger partial charge on any atom is 0.319 e. The fraction of sp³-hybridized carbons (Fsp3) is 0.500. The molecule has 1 rings (SSSR count). The fourth-order valence-electron chi connectivity index (χ4n) is 1.67. The van der Waals surface area contributed by atoms with Crippen LogP contribution < -0.4 is 10.6 Å². The molecule has 0 saturated carbocycles. The van der Waals surface area contributed by atoms with Crippen LogP contribution in [0.5, 0.6) is 0 Å². The lowest BCUT2D eigenvalue weighted by Crippen LogP contribution is -2.30. The Hall–Kier alpha value is -1.75. The second-order valence-corrected chi connectivity index (χ2v) is 6.44. The van der Waals surface area contributed by atoms with Crippen molar-refractivity contribution >= 4 is 29.3 Å². The van der Waals surface area contributed by atoms with Gasteiger partial charge in [-0.15, -0.1) is 0 Å². The molecule has 0 aliphatic heterocycles. The third-order valence-corrected chi connectivity index (χ3v) is 3.10. The molecule has 122 valence electrons. The summed E-state index contributed by atoms with van der Waals surface area (Å²) in [6.45, 7) is 7.75. The van der Waals surface area contributed by atoms with Gasteiger partial charge in [0.15, 0.2) is 0 Å². The quantitative estimate of drug-likeness (QED) is 0.637. The van der Waals surface area contributed by atoms with E-state index in [0.29, 0.717) is 23.7 Å². The van der Waals surface area contributed by atoms with Gasteiger partial charge in [0.05, 0.1) is 0 Å². The van der Waals surface area contributed by atoms with Crippen LogP contribution in [0.15, 0.2) is 18.2 Å². The fourth-order valence-corrected chi connectivity index (χ4v) is 1.85. The summed E-state index contributed by atoms with van der Waals surface area (Å²) >= 11 is 5.99. The van der Waals surface area contributed by atoms with E-state index in [9.17, 15) is 9.59 Å². The number of esters is 1. The van der Waals surface area contributed by atoms with Crippen LogP contribution in [0.1, 0.15) is 39.2 Å². The minimum Gasteiger partial charge on any atom is -0.460 e. The zero-order valence-electron chi connectivity index (χ0n) is 13.5. The van der Waals surface area contributed by atoms with Gasteiger partial charge in [0, 0.05) is 23.7 Å². The zero-order valence-corrected chi connectivity index (χ0v) is 14.2. The molecule has 6 heteroatoms. The first-order valence-electron chi connectivity index (χ1n) is 7.20. The third-order valence-electron chi connectivity index (χ3n) is 2.69. The third kappa shape index (κ3) is 7.31. The van der Waals surface area contributed by atoms with Crippen LogP contribution in [-0.2, 0) is 9.53 Å². The lowest BCUT2D eigenvalue weighted by atomic mass is 10.2. The van der Waals surface area contributed by atoms with Gasteiger partial charge in [-0.25, -0.2) is 4.79 Å². The molecule has 22 heavy (non-hydrogen) atoms. The molecule has 0 atom stereocenters. The van der Waals surface area contributed by atoms with Gasteiger partial charge in [0.1, 0.15) is 5.60 Å². The van der Waals surface area contributed by atoms with Gasteiger partial charge in [-0.3, -0.25) is 4.79 Å². The van der Waals surface area contributed by atoms with E-state index in [4.69, 9.17) is 16.3 Å². The molecule has 0 unspecified atom stereocenters. The average Bonchev–Trinajstić information content (AvgIpc) is 2.37. The van der Waals surface area contributed by atoms with E-state index in [2.05, 4.69) is 10.6 Å².